The Labute approximate surface area is 77.8 Å². The van der Waals surface area contributed by atoms with E-state index in [1.54, 1.807) is 0 Å². The number of H-pyrrole nitrogens is 1. The van der Waals surface area contributed by atoms with Crippen molar-refractivity contribution in [1.29, 1.82) is 0 Å². The Morgan fingerprint density at radius 1 is 1.54 bits per heavy atom. The van der Waals surface area contributed by atoms with Crippen molar-refractivity contribution < 1.29 is 0 Å². The molecule has 0 aliphatic heterocycles. The van der Waals surface area contributed by atoms with Crippen molar-refractivity contribution in [2.45, 2.75) is 13.5 Å². The predicted octanol–water partition coefficient (Wildman–Crippen LogP) is -0.0283. The van der Waals surface area contributed by atoms with E-state index < -0.39 is 0 Å². The first-order valence-electron chi connectivity index (χ1n) is 3.61. The first-order valence-corrected chi connectivity index (χ1v) is 4.38. The van der Waals surface area contributed by atoms with Crippen molar-refractivity contribution in [2.75, 3.05) is 5.32 Å². The molecule has 2 aromatic rings. The molecule has 8 heteroatoms. The van der Waals surface area contributed by atoms with Gasteiger partial charge in [-0.05, 0) is 6.92 Å². The fourth-order valence-corrected chi connectivity index (χ4v) is 1.35. The van der Waals surface area contributed by atoms with Crippen LogP contribution in [0.15, 0.2) is 0 Å². The molecule has 68 valence electrons. The van der Waals surface area contributed by atoms with Crippen LogP contribution in [-0.4, -0.2) is 30.0 Å². The monoisotopic (exact) mass is 197 g/mol. The van der Waals surface area contributed by atoms with Crippen LogP contribution in [0.1, 0.15) is 11.6 Å². The first-order chi connectivity index (χ1) is 6.34. The van der Waals surface area contributed by atoms with Gasteiger partial charge in [-0.3, -0.25) is 0 Å². The van der Waals surface area contributed by atoms with Crippen LogP contribution in [0, 0.1) is 6.92 Å². The first kappa shape index (κ1) is 8.05. The number of anilines is 1. The Morgan fingerprint density at radius 2 is 2.46 bits per heavy atom. The van der Waals surface area contributed by atoms with Crippen LogP contribution in [-0.2, 0) is 6.54 Å². The van der Waals surface area contributed by atoms with Crippen LogP contribution in [0.2, 0.25) is 0 Å². The van der Waals surface area contributed by atoms with E-state index in [1.165, 1.54) is 11.5 Å². The maximum atomic E-state index is 4.12. The van der Waals surface area contributed by atoms with Crippen molar-refractivity contribution >= 4 is 16.7 Å². The van der Waals surface area contributed by atoms with E-state index in [0.717, 1.165) is 11.0 Å². The standard InChI is InChI=1S/C5H7N7S/c1-3-7-5(13-10-3)6-2-4-8-11-12-9-4/h2H2,1H3,(H,6,7,10)(H,8,9,11,12). The van der Waals surface area contributed by atoms with Crippen molar-refractivity contribution in [3.8, 4) is 0 Å². The zero-order valence-corrected chi connectivity index (χ0v) is 7.67. The number of aromatic amines is 1. The lowest BCUT2D eigenvalue weighted by Crippen LogP contribution is -2.00. The summed E-state index contributed by atoms with van der Waals surface area (Å²) < 4.78 is 4.02. The average molecular weight is 197 g/mol. The molecule has 0 saturated heterocycles. The summed E-state index contributed by atoms with van der Waals surface area (Å²) in [6.07, 6.45) is 0. The van der Waals surface area contributed by atoms with Crippen molar-refractivity contribution in [3.05, 3.63) is 11.6 Å². The van der Waals surface area contributed by atoms with Gasteiger partial charge in [-0.1, -0.05) is 5.21 Å². The second kappa shape index (κ2) is 3.44. The highest BCUT2D eigenvalue weighted by Crippen LogP contribution is 2.10. The molecule has 0 aromatic carbocycles. The molecule has 0 amide bonds. The molecule has 0 bridgehead atoms. The predicted molar refractivity (Wildman–Crippen MR) is 46.2 cm³/mol. The topological polar surface area (TPSA) is 92.3 Å². The summed E-state index contributed by atoms with van der Waals surface area (Å²) in [5.74, 6) is 1.37. The van der Waals surface area contributed by atoms with E-state index in [2.05, 4.69) is 35.3 Å². The summed E-state index contributed by atoms with van der Waals surface area (Å²) in [6, 6.07) is 0. The molecule has 2 aromatic heterocycles. The lowest BCUT2D eigenvalue weighted by atomic mass is 10.6. The lowest BCUT2D eigenvalue weighted by molar-refractivity contribution is 0.881. The second-order valence-corrected chi connectivity index (χ2v) is 3.08. The maximum absolute atomic E-state index is 4.12. The number of tetrazole rings is 1. The van der Waals surface area contributed by atoms with Gasteiger partial charge in [0.05, 0.1) is 6.54 Å². The number of hydrogen-bond acceptors (Lipinski definition) is 7. The van der Waals surface area contributed by atoms with Crippen LogP contribution in [0.3, 0.4) is 0 Å². The molecule has 2 N–H and O–H groups in total. The zero-order chi connectivity index (χ0) is 9.10. The molecule has 0 unspecified atom stereocenters. The molecule has 0 atom stereocenters. The Bertz CT molecular complexity index is 366. The van der Waals surface area contributed by atoms with Gasteiger partial charge in [0.2, 0.25) is 5.13 Å². The van der Waals surface area contributed by atoms with Gasteiger partial charge in [-0.25, -0.2) is 4.98 Å². The van der Waals surface area contributed by atoms with E-state index in [4.69, 9.17) is 0 Å². The van der Waals surface area contributed by atoms with Crippen LogP contribution in [0.5, 0.6) is 0 Å². The highest BCUT2D eigenvalue weighted by molar-refractivity contribution is 7.09. The van der Waals surface area contributed by atoms with Gasteiger partial charge in [0, 0.05) is 11.5 Å². The Balaban J connectivity index is 1.93. The largest absolute Gasteiger partial charge is 0.353 e. The number of hydrogen-bond donors (Lipinski definition) is 2. The highest BCUT2D eigenvalue weighted by Gasteiger charge is 2.01. The highest BCUT2D eigenvalue weighted by atomic mass is 32.1. The van der Waals surface area contributed by atoms with Crippen LogP contribution < -0.4 is 5.32 Å². The molecule has 0 aliphatic carbocycles. The molecule has 0 radical (unpaired) electrons. The molecule has 2 heterocycles. The molecule has 13 heavy (non-hydrogen) atoms. The molecule has 0 aliphatic rings. The average Bonchev–Trinajstić information content (AvgIpc) is 2.71. The number of nitrogens with zero attached hydrogens (tertiary/aromatic N) is 5. The fraction of sp³-hybridized carbons (Fsp3) is 0.400. The minimum atomic E-state index is 0.505. The van der Waals surface area contributed by atoms with Crippen molar-refractivity contribution in [1.82, 2.24) is 30.0 Å². The number of nitrogens with one attached hydrogen (secondary N) is 2. The van der Waals surface area contributed by atoms with E-state index in [1.807, 2.05) is 6.92 Å². The SMILES string of the molecule is Cc1nsc(NCc2nn[nH]n2)n1. The molecule has 2 rings (SSSR count). The zero-order valence-electron chi connectivity index (χ0n) is 6.85. The molecular weight excluding hydrogens is 190 g/mol. The summed E-state index contributed by atoms with van der Waals surface area (Å²) in [7, 11) is 0. The lowest BCUT2D eigenvalue weighted by Gasteiger charge is -1.94. The summed E-state index contributed by atoms with van der Waals surface area (Å²) in [5, 5.41) is 17.2. The third-order valence-corrected chi connectivity index (χ3v) is 2.08. The Morgan fingerprint density at radius 3 is 3.08 bits per heavy atom. The normalized spacial score (nSPS) is 10.2. The molecule has 0 saturated carbocycles. The summed E-state index contributed by atoms with van der Waals surface area (Å²) in [6.45, 7) is 2.35. The third kappa shape index (κ3) is 1.96. The van der Waals surface area contributed by atoms with Gasteiger partial charge in [0.25, 0.3) is 0 Å². The Hall–Kier alpha value is -1.57. The number of rotatable bonds is 3. The summed E-state index contributed by atoms with van der Waals surface area (Å²) in [4.78, 5) is 4.12. The Kier molecular flexibility index (Phi) is 2.13. The maximum Gasteiger partial charge on any atom is 0.202 e. The summed E-state index contributed by atoms with van der Waals surface area (Å²) in [5.41, 5.74) is 0. The van der Waals surface area contributed by atoms with E-state index in [9.17, 15) is 0 Å². The summed E-state index contributed by atoms with van der Waals surface area (Å²) >= 11 is 1.31. The minimum Gasteiger partial charge on any atom is -0.353 e. The second-order valence-electron chi connectivity index (χ2n) is 2.33. The van der Waals surface area contributed by atoms with Crippen LogP contribution >= 0.6 is 11.5 Å². The van der Waals surface area contributed by atoms with Crippen LogP contribution in [0.25, 0.3) is 0 Å². The van der Waals surface area contributed by atoms with Crippen LogP contribution in [0.4, 0.5) is 5.13 Å². The van der Waals surface area contributed by atoms with Crippen molar-refractivity contribution in [2.24, 2.45) is 0 Å². The van der Waals surface area contributed by atoms with E-state index in [-0.39, 0.29) is 0 Å². The number of aryl methyl sites for hydroxylation is 1. The third-order valence-electron chi connectivity index (χ3n) is 1.31. The van der Waals surface area contributed by atoms with Gasteiger partial charge in [0.15, 0.2) is 5.82 Å². The molecular formula is C5H7N7S. The van der Waals surface area contributed by atoms with Gasteiger partial charge in [0.1, 0.15) is 5.82 Å². The van der Waals surface area contributed by atoms with Crippen molar-refractivity contribution in [3.63, 3.8) is 0 Å². The molecule has 7 nitrogen and oxygen atoms in total. The van der Waals surface area contributed by atoms with E-state index in [0.29, 0.717) is 12.4 Å². The minimum absolute atomic E-state index is 0.505. The number of aromatic nitrogens is 6. The quantitative estimate of drug-likeness (QED) is 0.718. The van der Waals surface area contributed by atoms with Gasteiger partial charge in [-0.15, -0.1) is 10.2 Å². The van der Waals surface area contributed by atoms with Gasteiger partial charge < -0.3 is 5.32 Å². The molecule has 0 fully saturated rings. The van der Waals surface area contributed by atoms with Gasteiger partial charge in [-0.2, -0.15) is 9.59 Å². The smallest absolute Gasteiger partial charge is 0.202 e. The fourth-order valence-electron chi connectivity index (χ4n) is 0.781. The molecule has 0 spiro atoms. The van der Waals surface area contributed by atoms with Gasteiger partial charge >= 0.3 is 0 Å². The van der Waals surface area contributed by atoms with E-state index >= 15 is 0 Å².